The van der Waals surface area contributed by atoms with Crippen LogP contribution in [-0.2, 0) is 11.3 Å². The fourth-order valence-electron chi connectivity index (χ4n) is 2.55. The number of ether oxygens (including phenoxy) is 4. The summed E-state index contributed by atoms with van der Waals surface area (Å²) in [6.45, 7) is 0.489. The third-order valence-electron chi connectivity index (χ3n) is 3.56. The molecule has 23 heavy (non-hydrogen) atoms. The molecule has 0 aliphatic heterocycles. The van der Waals surface area contributed by atoms with Gasteiger partial charge in [0, 0.05) is 12.7 Å². The molecule has 2 aromatic heterocycles. The van der Waals surface area contributed by atoms with Gasteiger partial charge in [0.05, 0.1) is 45.1 Å². The zero-order valence-corrected chi connectivity index (χ0v) is 14.3. The van der Waals surface area contributed by atoms with Crippen molar-refractivity contribution in [3.05, 3.63) is 29.3 Å². The molecule has 0 atom stereocenters. The van der Waals surface area contributed by atoms with Crippen LogP contribution >= 0.6 is 11.3 Å². The third kappa shape index (κ3) is 2.62. The zero-order chi connectivity index (χ0) is 16.4. The van der Waals surface area contributed by atoms with E-state index in [9.17, 15) is 0 Å². The number of hydrogen-bond donors (Lipinski definition) is 0. The molecule has 0 saturated carbocycles. The quantitative estimate of drug-likeness (QED) is 0.693. The maximum absolute atomic E-state index is 5.58. The summed E-state index contributed by atoms with van der Waals surface area (Å²) in [5.74, 6) is 2.14. The molecule has 1 aromatic carbocycles. The fraction of sp³-hybridized carbons (Fsp3) is 0.312. The fourth-order valence-corrected chi connectivity index (χ4v) is 3.48. The number of methoxy groups -OCH3 is 4. The van der Waals surface area contributed by atoms with Crippen LogP contribution in [0.5, 0.6) is 17.4 Å². The summed E-state index contributed by atoms with van der Waals surface area (Å²) in [6.07, 6.45) is 1.80. The predicted molar refractivity (Wildman–Crippen MR) is 88.9 cm³/mol. The topological polar surface area (TPSA) is 54.2 Å². The Morgan fingerprint density at radius 2 is 1.74 bits per heavy atom. The number of thiazole rings is 1. The molecule has 7 heteroatoms. The Morgan fingerprint density at radius 3 is 2.30 bits per heavy atom. The maximum atomic E-state index is 5.58. The average Bonchev–Trinajstić information content (AvgIpc) is 3.16. The standard InChI is InChI=1S/C16H18N2O4S/c1-19-8-10-5-12(20-2)15(13(6-10)21-3)11-7-17-18-14(22-4)9-23-16(11)18/h5-7,9H,8H2,1-4H3. The molecule has 122 valence electrons. The lowest BCUT2D eigenvalue weighted by Crippen LogP contribution is -1.97. The normalized spacial score (nSPS) is 11.0. The largest absolute Gasteiger partial charge is 0.496 e. The van der Waals surface area contributed by atoms with Crippen LogP contribution in [0, 0.1) is 0 Å². The summed E-state index contributed by atoms with van der Waals surface area (Å²) in [5, 5.41) is 6.32. The molecule has 0 bridgehead atoms. The minimum Gasteiger partial charge on any atom is -0.496 e. The summed E-state index contributed by atoms with van der Waals surface area (Å²) in [7, 11) is 6.57. The van der Waals surface area contributed by atoms with Crippen molar-refractivity contribution in [3.63, 3.8) is 0 Å². The zero-order valence-electron chi connectivity index (χ0n) is 13.5. The van der Waals surface area contributed by atoms with Gasteiger partial charge in [-0.2, -0.15) is 9.61 Å². The SMILES string of the molecule is COCc1cc(OC)c(-c2cnn3c(OC)csc23)c(OC)c1. The van der Waals surface area contributed by atoms with Crippen molar-refractivity contribution in [2.24, 2.45) is 0 Å². The van der Waals surface area contributed by atoms with Gasteiger partial charge in [-0.15, -0.1) is 11.3 Å². The van der Waals surface area contributed by atoms with E-state index in [0.29, 0.717) is 12.5 Å². The van der Waals surface area contributed by atoms with E-state index in [2.05, 4.69) is 5.10 Å². The molecule has 0 N–H and O–H groups in total. The Bertz CT molecular complexity index is 800. The van der Waals surface area contributed by atoms with E-state index in [4.69, 9.17) is 18.9 Å². The summed E-state index contributed by atoms with van der Waals surface area (Å²) in [5.41, 5.74) is 2.79. The van der Waals surface area contributed by atoms with Crippen molar-refractivity contribution < 1.29 is 18.9 Å². The van der Waals surface area contributed by atoms with Crippen molar-refractivity contribution in [2.75, 3.05) is 28.4 Å². The maximum Gasteiger partial charge on any atom is 0.225 e. The Labute approximate surface area is 138 Å². The van der Waals surface area contributed by atoms with Crippen LogP contribution in [0.2, 0.25) is 0 Å². The van der Waals surface area contributed by atoms with E-state index in [0.717, 1.165) is 33.0 Å². The first-order valence-corrected chi connectivity index (χ1v) is 7.84. The molecule has 0 amide bonds. The van der Waals surface area contributed by atoms with Crippen molar-refractivity contribution >= 4 is 16.2 Å². The first-order valence-electron chi connectivity index (χ1n) is 6.96. The number of hydrogen-bond acceptors (Lipinski definition) is 6. The van der Waals surface area contributed by atoms with Gasteiger partial charge in [-0.05, 0) is 17.7 Å². The highest BCUT2D eigenvalue weighted by molar-refractivity contribution is 7.16. The second-order valence-electron chi connectivity index (χ2n) is 4.86. The van der Waals surface area contributed by atoms with Crippen LogP contribution in [-0.4, -0.2) is 38.1 Å². The Hall–Kier alpha value is -2.25. The minimum atomic E-state index is 0.489. The Balaban J connectivity index is 2.22. The number of fused-ring (bicyclic) bond motifs is 1. The predicted octanol–water partition coefficient (Wildman–Crippen LogP) is 3.24. The number of aromatic nitrogens is 2. The van der Waals surface area contributed by atoms with Crippen LogP contribution in [0.15, 0.2) is 23.7 Å². The van der Waals surface area contributed by atoms with Gasteiger partial charge in [0.15, 0.2) is 0 Å². The van der Waals surface area contributed by atoms with Gasteiger partial charge < -0.3 is 18.9 Å². The first kappa shape index (κ1) is 15.6. The number of rotatable bonds is 6. The van der Waals surface area contributed by atoms with Crippen molar-refractivity contribution in [1.82, 2.24) is 9.61 Å². The van der Waals surface area contributed by atoms with Gasteiger partial charge in [0.1, 0.15) is 16.3 Å². The molecule has 0 fully saturated rings. The molecule has 3 aromatic rings. The highest BCUT2D eigenvalue weighted by atomic mass is 32.1. The van der Waals surface area contributed by atoms with Gasteiger partial charge in [0.2, 0.25) is 5.88 Å². The summed E-state index contributed by atoms with van der Waals surface area (Å²) >= 11 is 1.56. The first-order chi connectivity index (χ1) is 11.2. The van der Waals surface area contributed by atoms with Gasteiger partial charge in [-0.3, -0.25) is 0 Å². The van der Waals surface area contributed by atoms with E-state index < -0.39 is 0 Å². The molecular weight excluding hydrogens is 316 g/mol. The molecule has 0 saturated heterocycles. The summed E-state index contributed by atoms with van der Waals surface area (Å²) < 4.78 is 23.4. The van der Waals surface area contributed by atoms with Crippen LogP contribution < -0.4 is 14.2 Å². The Morgan fingerprint density at radius 1 is 1.04 bits per heavy atom. The average molecular weight is 334 g/mol. The molecule has 2 heterocycles. The van der Waals surface area contributed by atoms with Crippen molar-refractivity contribution in [2.45, 2.75) is 6.61 Å². The second kappa shape index (κ2) is 6.47. The lowest BCUT2D eigenvalue weighted by atomic mass is 10.0. The lowest BCUT2D eigenvalue weighted by molar-refractivity contribution is 0.184. The van der Waals surface area contributed by atoms with Crippen LogP contribution in [0.3, 0.4) is 0 Å². The molecule has 0 unspecified atom stereocenters. The summed E-state index contributed by atoms with van der Waals surface area (Å²) in [6, 6.07) is 3.91. The van der Waals surface area contributed by atoms with E-state index in [1.165, 1.54) is 0 Å². The van der Waals surface area contributed by atoms with E-state index in [1.54, 1.807) is 50.5 Å². The molecule has 3 rings (SSSR count). The Kier molecular flexibility index (Phi) is 4.40. The molecule has 0 radical (unpaired) electrons. The van der Waals surface area contributed by atoms with E-state index in [-0.39, 0.29) is 0 Å². The molecular formula is C16H18N2O4S. The highest BCUT2D eigenvalue weighted by Gasteiger charge is 2.20. The molecule has 6 nitrogen and oxygen atoms in total. The minimum absolute atomic E-state index is 0.489. The second-order valence-corrected chi connectivity index (χ2v) is 5.72. The van der Waals surface area contributed by atoms with E-state index in [1.807, 2.05) is 17.5 Å². The lowest BCUT2D eigenvalue weighted by Gasteiger charge is -2.14. The van der Waals surface area contributed by atoms with Gasteiger partial charge >= 0.3 is 0 Å². The van der Waals surface area contributed by atoms with Crippen molar-refractivity contribution in [1.29, 1.82) is 0 Å². The highest BCUT2D eigenvalue weighted by Crippen LogP contribution is 2.43. The molecule has 0 aliphatic rings. The van der Waals surface area contributed by atoms with E-state index >= 15 is 0 Å². The van der Waals surface area contributed by atoms with Gasteiger partial charge in [0.25, 0.3) is 0 Å². The van der Waals surface area contributed by atoms with Crippen molar-refractivity contribution in [3.8, 4) is 28.5 Å². The molecule has 0 spiro atoms. The number of benzene rings is 1. The monoisotopic (exact) mass is 334 g/mol. The number of nitrogens with zero attached hydrogens (tertiary/aromatic N) is 2. The van der Waals surface area contributed by atoms with Gasteiger partial charge in [-0.25, -0.2) is 0 Å². The smallest absolute Gasteiger partial charge is 0.225 e. The van der Waals surface area contributed by atoms with Crippen LogP contribution in [0.4, 0.5) is 0 Å². The third-order valence-corrected chi connectivity index (χ3v) is 4.50. The van der Waals surface area contributed by atoms with Crippen LogP contribution in [0.1, 0.15) is 5.56 Å². The van der Waals surface area contributed by atoms with Crippen LogP contribution in [0.25, 0.3) is 16.0 Å². The van der Waals surface area contributed by atoms with Gasteiger partial charge in [-0.1, -0.05) is 0 Å². The molecule has 0 aliphatic carbocycles. The summed E-state index contributed by atoms with van der Waals surface area (Å²) in [4.78, 5) is 0.970.